The molecule has 0 atom stereocenters. The van der Waals surface area contributed by atoms with E-state index in [0.29, 0.717) is 10.8 Å². The Labute approximate surface area is 88.9 Å². The number of thioether (sulfide) groups is 1. The summed E-state index contributed by atoms with van der Waals surface area (Å²) in [6.07, 6.45) is 6.20. The van der Waals surface area contributed by atoms with Crippen molar-refractivity contribution in [2.45, 2.75) is 53.9 Å². The van der Waals surface area contributed by atoms with Gasteiger partial charge in [-0.05, 0) is 35.7 Å². The Hall–Kier alpha value is 0.350. The zero-order chi connectivity index (χ0) is 10.5. The third-order valence-corrected chi connectivity index (χ3v) is 3.49. The smallest absolute Gasteiger partial charge is 0.00187 e. The lowest BCUT2D eigenvalue weighted by Gasteiger charge is -2.34. The molecule has 0 unspecified atom stereocenters. The molecule has 0 aliphatic heterocycles. The van der Waals surface area contributed by atoms with Crippen LogP contribution in [-0.2, 0) is 0 Å². The van der Waals surface area contributed by atoms with Gasteiger partial charge < -0.3 is 0 Å². The maximum absolute atomic E-state index is 2.40. The van der Waals surface area contributed by atoms with Crippen LogP contribution in [-0.4, -0.2) is 12.0 Å². The number of hydrogen-bond donors (Lipinski definition) is 0. The Balaban J connectivity index is 4.07. The van der Waals surface area contributed by atoms with Crippen molar-refractivity contribution in [3.63, 3.8) is 0 Å². The standard InChI is InChI=1S/C12H26S/c1-7-8-11(2,3)9-12(4,5)10-13-6/h7-10H2,1-6H3. The van der Waals surface area contributed by atoms with Crippen molar-refractivity contribution < 1.29 is 0 Å². The van der Waals surface area contributed by atoms with Crippen LogP contribution in [0.25, 0.3) is 0 Å². The van der Waals surface area contributed by atoms with Crippen LogP contribution in [0.5, 0.6) is 0 Å². The largest absolute Gasteiger partial charge is 0.165 e. The minimum Gasteiger partial charge on any atom is -0.165 e. The van der Waals surface area contributed by atoms with E-state index in [9.17, 15) is 0 Å². The molecule has 0 aromatic rings. The van der Waals surface area contributed by atoms with E-state index >= 15 is 0 Å². The predicted octanol–water partition coefficient (Wildman–Crippen LogP) is 4.59. The van der Waals surface area contributed by atoms with Crippen molar-refractivity contribution in [2.75, 3.05) is 12.0 Å². The molecule has 80 valence electrons. The molecule has 0 N–H and O–H groups in total. The van der Waals surface area contributed by atoms with E-state index in [0.717, 1.165) is 0 Å². The van der Waals surface area contributed by atoms with E-state index in [4.69, 9.17) is 0 Å². The lowest BCUT2D eigenvalue weighted by molar-refractivity contribution is 0.201. The summed E-state index contributed by atoms with van der Waals surface area (Å²) in [6, 6.07) is 0. The molecule has 0 aliphatic carbocycles. The molecule has 0 radical (unpaired) electrons. The van der Waals surface area contributed by atoms with E-state index in [1.54, 1.807) is 0 Å². The Morgan fingerprint density at radius 1 is 1.00 bits per heavy atom. The Bertz CT molecular complexity index is 120. The zero-order valence-electron chi connectivity index (χ0n) is 10.2. The molecule has 0 saturated heterocycles. The summed E-state index contributed by atoms with van der Waals surface area (Å²) in [6.45, 7) is 11.9. The Morgan fingerprint density at radius 3 is 1.92 bits per heavy atom. The first kappa shape index (κ1) is 13.4. The quantitative estimate of drug-likeness (QED) is 0.607. The lowest BCUT2D eigenvalue weighted by atomic mass is 9.74. The van der Waals surface area contributed by atoms with Gasteiger partial charge in [-0.15, -0.1) is 0 Å². The van der Waals surface area contributed by atoms with Gasteiger partial charge in [-0.25, -0.2) is 0 Å². The van der Waals surface area contributed by atoms with Crippen LogP contribution in [0.2, 0.25) is 0 Å². The highest BCUT2D eigenvalue weighted by molar-refractivity contribution is 7.98. The van der Waals surface area contributed by atoms with E-state index in [2.05, 4.69) is 40.9 Å². The van der Waals surface area contributed by atoms with Crippen LogP contribution in [0.1, 0.15) is 53.9 Å². The highest BCUT2D eigenvalue weighted by Crippen LogP contribution is 2.38. The van der Waals surface area contributed by atoms with Gasteiger partial charge in [-0.1, -0.05) is 41.0 Å². The molecular weight excluding hydrogens is 176 g/mol. The van der Waals surface area contributed by atoms with Crippen molar-refractivity contribution in [3.8, 4) is 0 Å². The van der Waals surface area contributed by atoms with E-state index in [1.807, 2.05) is 11.8 Å². The molecule has 0 heterocycles. The van der Waals surface area contributed by atoms with Crippen molar-refractivity contribution in [2.24, 2.45) is 10.8 Å². The monoisotopic (exact) mass is 202 g/mol. The van der Waals surface area contributed by atoms with Gasteiger partial charge in [0.2, 0.25) is 0 Å². The predicted molar refractivity (Wildman–Crippen MR) is 65.5 cm³/mol. The summed E-state index contributed by atoms with van der Waals surface area (Å²) < 4.78 is 0. The normalized spacial score (nSPS) is 13.4. The van der Waals surface area contributed by atoms with Crippen molar-refractivity contribution in [3.05, 3.63) is 0 Å². The fourth-order valence-electron chi connectivity index (χ4n) is 2.50. The molecule has 0 nitrogen and oxygen atoms in total. The van der Waals surface area contributed by atoms with E-state index in [1.165, 1.54) is 25.0 Å². The van der Waals surface area contributed by atoms with E-state index in [-0.39, 0.29) is 0 Å². The van der Waals surface area contributed by atoms with Gasteiger partial charge in [0.05, 0.1) is 0 Å². The van der Waals surface area contributed by atoms with Crippen LogP contribution in [0.3, 0.4) is 0 Å². The van der Waals surface area contributed by atoms with Gasteiger partial charge in [-0.3, -0.25) is 0 Å². The molecule has 13 heavy (non-hydrogen) atoms. The van der Waals surface area contributed by atoms with Crippen molar-refractivity contribution in [1.29, 1.82) is 0 Å². The van der Waals surface area contributed by atoms with Crippen LogP contribution < -0.4 is 0 Å². The molecule has 0 spiro atoms. The minimum absolute atomic E-state index is 0.498. The third kappa shape index (κ3) is 6.42. The summed E-state index contributed by atoms with van der Waals surface area (Å²) >= 11 is 1.97. The van der Waals surface area contributed by atoms with Gasteiger partial charge >= 0.3 is 0 Å². The molecule has 0 saturated carbocycles. The van der Waals surface area contributed by atoms with Crippen molar-refractivity contribution >= 4 is 11.8 Å². The van der Waals surface area contributed by atoms with Crippen molar-refractivity contribution in [1.82, 2.24) is 0 Å². The molecule has 0 amide bonds. The first-order chi connectivity index (χ1) is 5.83. The molecular formula is C12H26S. The first-order valence-electron chi connectivity index (χ1n) is 5.32. The average Bonchev–Trinajstić information content (AvgIpc) is 1.82. The van der Waals surface area contributed by atoms with Crippen LogP contribution >= 0.6 is 11.8 Å². The van der Waals surface area contributed by atoms with Crippen LogP contribution in [0.4, 0.5) is 0 Å². The maximum Gasteiger partial charge on any atom is -0.00187 e. The first-order valence-corrected chi connectivity index (χ1v) is 6.71. The summed E-state index contributed by atoms with van der Waals surface area (Å²) in [7, 11) is 0. The van der Waals surface area contributed by atoms with Gasteiger partial charge in [0.1, 0.15) is 0 Å². The summed E-state index contributed by atoms with van der Waals surface area (Å²) in [5, 5.41) is 0. The molecule has 0 aromatic heterocycles. The summed E-state index contributed by atoms with van der Waals surface area (Å²) in [5.41, 5.74) is 1.02. The molecule has 1 heteroatoms. The number of rotatable bonds is 6. The minimum atomic E-state index is 0.498. The summed E-state index contributed by atoms with van der Waals surface area (Å²) in [5.74, 6) is 1.28. The van der Waals surface area contributed by atoms with Crippen LogP contribution in [0, 0.1) is 10.8 Å². The zero-order valence-corrected chi connectivity index (χ0v) is 11.1. The molecule has 0 aromatic carbocycles. The van der Waals surface area contributed by atoms with E-state index < -0.39 is 0 Å². The SMILES string of the molecule is CCCC(C)(C)CC(C)(C)CSC. The second kappa shape index (κ2) is 5.29. The number of hydrogen-bond acceptors (Lipinski definition) is 1. The van der Waals surface area contributed by atoms with Gasteiger partial charge in [0, 0.05) is 0 Å². The Morgan fingerprint density at radius 2 is 1.54 bits per heavy atom. The highest BCUT2D eigenvalue weighted by atomic mass is 32.2. The van der Waals surface area contributed by atoms with Crippen LogP contribution in [0.15, 0.2) is 0 Å². The lowest BCUT2D eigenvalue weighted by Crippen LogP contribution is -2.25. The topological polar surface area (TPSA) is 0 Å². The highest BCUT2D eigenvalue weighted by Gasteiger charge is 2.27. The second-order valence-electron chi connectivity index (χ2n) is 5.69. The summed E-state index contributed by atoms with van der Waals surface area (Å²) in [4.78, 5) is 0. The van der Waals surface area contributed by atoms with Gasteiger partial charge in [0.25, 0.3) is 0 Å². The molecule has 0 fully saturated rings. The fourth-order valence-corrected chi connectivity index (χ4v) is 3.39. The molecule has 0 rings (SSSR count). The molecule has 0 aliphatic rings. The Kier molecular flexibility index (Phi) is 5.43. The third-order valence-electron chi connectivity index (χ3n) is 2.42. The van der Waals surface area contributed by atoms with Gasteiger partial charge in [0.15, 0.2) is 0 Å². The van der Waals surface area contributed by atoms with Gasteiger partial charge in [-0.2, -0.15) is 11.8 Å². The fraction of sp³-hybridized carbons (Fsp3) is 1.00. The average molecular weight is 202 g/mol. The molecule has 0 bridgehead atoms. The maximum atomic E-state index is 2.40. The second-order valence-corrected chi connectivity index (χ2v) is 6.55.